The lowest BCUT2D eigenvalue weighted by molar-refractivity contribution is -0.143. The number of benzene rings is 2. The van der Waals surface area contributed by atoms with Gasteiger partial charge in [0.25, 0.3) is 5.91 Å². The highest BCUT2D eigenvalue weighted by molar-refractivity contribution is 9.10. The first-order valence-electron chi connectivity index (χ1n) is 11.4. The predicted molar refractivity (Wildman–Crippen MR) is 141 cm³/mol. The Kier molecular flexibility index (Phi) is 10.4. The number of carbonyl (C=O) groups is 2. The van der Waals surface area contributed by atoms with Crippen molar-refractivity contribution in [2.45, 2.75) is 64.1 Å². The lowest BCUT2D eigenvalue weighted by atomic mass is 9.95. The summed E-state index contributed by atoms with van der Waals surface area (Å²) in [5.74, 6) is -0.0763. The molecule has 0 spiro atoms. The van der Waals surface area contributed by atoms with E-state index < -0.39 is 6.04 Å². The fraction of sp³-hybridized carbons (Fsp3) is 0.440. The molecule has 1 N–H and O–H groups in total. The molecule has 2 amide bonds. The van der Waals surface area contributed by atoms with Crippen LogP contribution in [0.2, 0.25) is 15.1 Å². The predicted octanol–water partition coefficient (Wildman–Crippen LogP) is 7.04. The Morgan fingerprint density at radius 2 is 1.79 bits per heavy atom. The Balaban J connectivity index is 1.79. The third-order valence-electron chi connectivity index (χ3n) is 5.92. The minimum atomic E-state index is -0.645. The first-order chi connectivity index (χ1) is 16.3. The van der Waals surface area contributed by atoms with Gasteiger partial charge in [-0.1, -0.05) is 83.0 Å². The second-order valence-electron chi connectivity index (χ2n) is 8.40. The standard InChI is InChI=1S/C25H28BrCl3N2O3/c1-2-22(25(33)30-18-6-4-3-5-7-18)31(14-16-8-10-19(27)20(28)12-16)24(32)15-34-23-11-9-17(26)13-21(23)29/h8-13,18,22H,2-7,14-15H2,1H3,(H,30,33)/t22-/m1/s1. The van der Waals surface area contributed by atoms with E-state index in [1.165, 1.54) is 6.42 Å². The van der Waals surface area contributed by atoms with Gasteiger partial charge < -0.3 is 15.0 Å². The first kappa shape index (κ1) is 27.1. The number of carbonyl (C=O) groups excluding carboxylic acids is 2. The van der Waals surface area contributed by atoms with Gasteiger partial charge in [-0.25, -0.2) is 0 Å². The van der Waals surface area contributed by atoms with E-state index in [1.54, 1.807) is 41.3 Å². The summed E-state index contributed by atoms with van der Waals surface area (Å²) in [5, 5.41) is 4.36. The van der Waals surface area contributed by atoms with Gasteiger partial charge in [0.05, 0.1) is 15.1 Å². The van der Waals surface area contributed by atoms with Gasteiger partial charge in [0, 0.05) is 17.1 Å². The summed E-state index contributed by atoms with van der Waals surface area (Å²) in [5.41, 5.74) is 0.772. The van der Waals surface area contributed by atoms with Crippen LogP contribution in [0.25, 0.3) is 0 Å². The molecule has 0 aromatic heterocycles. The molecule has 184 valence electrons. The number of halogens is 4. The minimum Gasteiger partial charge on any atom is -0.482 e. The maximum Gasteiger partial charge on any atom is 0.261 e. The lowest BCUT2D eigenvalue weighted by Gasteiger charge is -2.32. The van der Waals surface area contributed by atoms with Gasteiger partial charge in [-0.15, -0.1) is 0 Å². The Morgan fingerprint density at radius 1 is 1.06 bits per heavy atom. The van der Waals surface area contributed by atoms with Gasteiger partial charge in [-0.2, -0.15) is 0 Å². The summed E-state index contributed by atoms with van der Waals surface area (Å²) in [7, 11) is 0. The lowest BCUT2D eigenvalue weighted by Crippen LogP contribution is -2.52. The summed E-state index contributed by atoms with van der Waals surface area (Å²) in [6.07, 6.45) is 5.80. The highest BCUT2D eigenvalue weighted by atomic mass is 79.9. The van der Waals surface area contributed by atoms with Crippen LogP contribution in [0.3, 0.4) is 0 Å². The Hall–Kier alpha value is -1.47. The second kappa shape index (κ2) is 13.0. The zero-order valence-corrected chi connectivity index (χ0v) is 22.8. The van der Waals surface area contributed by atoms with Gasteiger partial charge in [0.1, 0.15) is 11.8 Å². The number of ether oxygens (including phenoxy) is 1. The van der Waals surface area contributed by atoms with Crippen molar-refractivity contribution in [1.82, 2.24) is 10.2 Å². The molecule has 1 atom stereocenters. The van der Waals surface area contributed by atoms with Gasteiger partial charge in [0.2, 0.25) is 5.91 Å². The molecule has 1 aliphatic rings. The van der Waals surface area contributed by atoms with Crippen LogP contribution in [-0.2, 0) is 16.1 Å². The number of amides is 2. The topological polar surface area (TPSA) is 58.6 Å². The van der Waals surface area contributed by atoms with E-state index in [9.17, 15) is 9.59 Å². The molecule has 0 radical (unpaired) electrons. The van der Waals surface area contributed by atoms with Crippen LogP contribution in [0, 0.1) is 0 Å². The molecule has 2 aromatic carbocycles. The second-order valence-corrected chi connectivity index (χ2v) is 10.5. The molecule has 0 saturated heterocycles. The van der Waals surface area contributed by atoms with E-state index in [0.29, 0.717) is 27.2 Å². The average Bonchev–Trinajstić information content (AvgIpc) is 2.81. The third kappa shape index (κ3) is 7.51. The van der Waals surface area contributed by atoms with Crippen molar-refractivity contribution >= 4 is 62.5 Å². The Labute approximate surface area is 224 Å². The van der Waals surface area contributed by atoms with Crippen LogP contribution < -0.4 is 10.1 Å². The Morgan fingerprint density at radius 3 is 2.44 bits per heavy atom. The van der Waals surface area contributed by atoms with Crippen molar-refractivity contribution in [1.29, 1.82) is 0 Å². The number of rotatable bonds is 9. The van der Waals surface area contributed by atoms with Crippen LogP contribution in [0.4, 0.5) is 0 Å². The van der Waals surface area contributed by atoms with Crippen LogP contribution in [0.15, 0.2) is 40.9 Å². The summed E-state index contributed by atoms with van der Waals surface area (Å²) < 4.78 is 6.52. The molecule has 0 bridgehead atoms. The van der Waals surface area contributed by atoms with E-state index in [-0.39, 0.29) is 31.0 Å². The zero-order chi connectivity index (χ0) is 24.7. The smallest absolute Gasteiger partial charge is 0.261 e. The quantitative estimate of drug-likeness (QED) is 0.341. The van der Waals surface area contributed by atoms with E-state index in [1.807, 2.05) is 6.92 Å². The molecule has 5 nitrogen and oxygen atoms in total. The number of hydrogen-bond acceptors (Lipinski definition) is 3. The molecule has 0 heterocycles. The van der Waals surface area contributed by atoms with Crippen molar-refractivity contribution in [3.05, 3.63) is 61.5 Å². The molecule has 2 aromatic rings. The van der Waals surface area contributed by atoms with Crippen molar-refractivity contribution < 1.29 is 14.3 Å². The van der Waals surface area contributed by atoms with E-state index in [4.69, 9.17) is 39.5 Å². The van der Waals surface area contributed by atoms with Crippen LogP contribution in [-0.4, -0.2) is 35.4 Å². The molecule has 1 aliphatic carbocycles. The van der Waals surface area contributed by atoms with Crippen molar-refractivity contribution in [2.75, 3.05) is 6.61 Å². The maximum absolute atomic E-state index is 13.4. The Bertz CT molecular complexity index is 1010. The third-order valence-corrected chi connectivity index (χ3v) is 7.45. The van der Waals surface area contributed by atoms with Crippen LogP contribution >= 0.6 is 50.7 Å². The SMILES string of the molecule is CC[C@H](C(=O)NC1CCCCC1)N(Cc1ccc(Cl)c(Cl)c1)C(=O)COc1ccc(Br)cc1Cl. The van der Waals surface area contributed by atoms with Gasteiger partial charge >= 0.3 is 0 Å². The molecule has 0 aliphatic heterocycles. The summed E-state index contributed by atoms with van der Waals surface area (Å²) in [6, 6.07) is 9.86. The maximum atomic E-state index is 13.4. The van der Waals surface area contributed by atoms with Crippen LogP contribution in [0.1, 0.15) is 51.0 Å². The molecular weight excluding hydrogens is 563 g/mol. The number of hydrogen-bond donors (Lipinski definition) is 1. The van der Waals surface area contributed by atoms with Crippen molar-refractivity contribution in [3.8, 4) is 5.75 Å². The highest BCUT2D eigenvalue weighted by Crippen LogP contribution is 2.28. The summed E-state index contributed by atoms with van der Waals surface area (Å²) in [4.78, 5) is 28.1. The molecule has 1 saturated carbocycles. The first-order valence-corrected chi connectivity index (χ1v) is 13.3. The number of nitrogens with zero attached hydrogens (tertiary/aromatic N) is 1. The van der Waals surface area contributed by atoms with E-state index >= 15 is 0 Å². The fourth-order valence-electron chi connectivity index (χ4n) is 4.11. The number of nitrogens with one attached hydrogen (secondary N) is 1. The summed E-state index contributed by atoms with van der Waals surface area (Å²) >= 11 is 21.8. The van der Waals surface area contributed by atoms with Crippen molar-refractivity contribution in [2.24, 2.45) is 0 Å². The molecular formula is C25H28BrCl3N2O3. The molecule has 9 heteroatoms. The normalized spacial score (nSPS) is 15.0. The van der Waals surface area contributed by atoms with Gasteiger partial charge in [-0.3, -0.25) is 9.59 Å². The highest BCUT2D eigenvalue weighted by Gasteiger charge is 2.30. The minimum absolute atomic E-state index is 0.148. The largest absolute Gasteiger partial charge is 0.482 e. The molecule has 34 heavy (non-hydrogen) atoms. The average molecular weight is 591 g/mol. The van der Waals surface area contributed by atoms with Gasteiger partial charge in [-0.05, 0) is 55.2 Å². The molecule has 0 unspecified atom stereocenters. The summed E-state index contributed by atoms with van der Waals surface area (Å²) in [6.45, 7) is 1.84. The van der Waals surface area contributed by atoms with Gasteiger partial charge in [0.15, 0.2) is 6.61 Å². The molecule has 3 rings (SSSR count). The zero-order valence-electron chi connectivity index (χ0n) is 19.0. The fourth-order valence-corrected chi connectivity index (χ4v) is 5.16. The van der Waals surface area contributed by atoms with E-state index in [2.05, 4.69) is 21.2 Å². The van der Waals surface area contributed by atoms with E-state index in [0.717, 1.165) is 35.7 Å². The monoisotopic (exact) mass is 588 g/mol. The van der Waals surface area contributed by atoms with Crippen molar-refractivity contribution in [3.63, 3.8) is 0 Å². The van der Waals surface area contributed by atoms with Crippen LogP contribution in [0.5, 0.6) is 5.75 Å². The molecule has 1 fully saturated rings.